The predicted octanol–water partition coefficient (Wildman–Crippen LogP) is 6.02. The molecular weight excluding hydrogens is 691 g/mol. The van der Waals surface area contributed by atoms with Crippen LogP contribution in [0.15, 0.2) is 41.0 Å². The first-order valence-corrected chi connectivity index (χ1v) is 17.8. The maximum atomic E-state index is 11.9. The summed E-state index contributed by atoms with van der Waals surface area (Å²) in [6.45, 7) is 6.44. The summed E-state index contributed by atoms with van der Waals surface area (Å²) in [6.07, 6.45) is 6.07. The number of piperidine rings is 1. The summed E-state index contributed by atoms with van der Waals surface area (Å²) in [5, 5.41) is 7.38. The van der Waals surface area contributed by atoms with E-state index < -0.39 is 10.0 Å². The highest BCUT2D eigenvalue weighted by Gasteiger charge is 2.27. The minimum absolute atomic E-state index is 0.279. The second kappa shape index (κ2) is 14.3. The van der Waals surface area contributed by atoms with Crippen molar-refractivity contribution in [2.24, 2.45) is 0 Å². The van der Waals surface area contributed by atoms with Gasteiger partial charge < -0.3 is 25.2 Å². The molecule has 2 aliphatic heterocycles. The molecule has 238 valence electrons. The highest BCUT2D eigenvalue weighted by atomic mass is 79.9. The number of benzene rings is 2. The Bertz CT molecular complexity index is 1590. The van der Waals surface area contributed by atoms with Gasteiger partial charge in [-0.05, 0) is 79.6 Å². The van der Waals surface area contributed by atoms with Crippen molar-refractivity contribution >= 4 is 83.7 Å². The van der Waals surface area contributed by atoms with Gasteiger partial charge in [-0.25, -0.2) is 13.4 Å². The number of anilines is 6. The second-order valence-corrected chi connectivity index (χ2v) is 14.6. The van der Waals surface area contributed by atoms with Crippen LogP contribution in [0.1, 0.15) is 19.3 Å². The average molecular weight is 729 g/mol. The van der Waals surface area contributed by atoms with Crippen molar-refractivity contribution in [1.29, 1.82) is 0 Å². The SMILES string of the molecule is COc1cc(N2CCC(N3CCCN(C)CC3)CC2)c(Cl)cc1Nc1ncc(Br)c(Nc2cc(Cl)ccc2NS(C)(=O)=O)n1. The highest BCUT2D eigenvalue weighted by Crippen LogP contribution is 2.39. The molecule has 3 aromatic rings. The van der Waals surface area contributed by atoms with Crippen molar-refractivity contribution in [1.82, 2.24) is 19.8 Å². The van der Waals surface area contributed by atoms with E-state index in [1.54, 1.807) is 31.5 Å². The van der Waals surface area contributed by atoms with Crippen LogP contribution < -0.4 is 25.0 Å². The molecule has 44 heavy (non-hydrogen) atoms. The fourth-order valence-electron chi connectivity index (χ4n) is 5.63. The fraction of sp³-hybridized carbons (Fsp3) is 0.448. The normalized spacial score (nSPS) is 17.3. The summed E-state index contributed by atoms with van der Waals surface area (Å²) >= 11 is 16.5. The zero-order valence-electron chi connectivity index (χ0n) is 24.9. The summed E-state index contributed by atoms with van der Waals surface area (Å²) in [7, 11) is 0.300. The van der Waals surface area contributed by atoms with Gasteiger partial charge >= 0.3 is 0 Å². The Morgan fingerprint density at radius 3 is 2.48 bits per heavy atom. The number of likely N-dealkylation sites (N-methyl/N-ethyl adjacent to an activating group) is 1. The van der Waals surface area contributed by atoms with Gasteiger partial charge in [-0.1, -0.05) is 23.2 Å². The summed E-state index contributed by atoms with van der Waals surface area (Å²) < 4.78 is 32.6. The first-order valence-electron chi connectivity index (χ1n) is 14.4. The molecule has 0 radical (unpaired) electrons. The van der Waals surface area contributed by atoms with Crippen LogP contribution >= 0.6 is 39.1 Å². The van der Waals surface area contributed by atoms with Gasteiger partial charge in [0.25, 0.3) is 0 Å². The molecule has 2 fully saturated rings. The molecule has 0 amide bonds. The highest BCUT2D eigenvalue weighted by molar-refractivity contribution is 9.10. The van der Waals surface area contributed by atoms with E-state index >= 15 is 0 Å². The molecule has 0 aliphatic carbocycles. The molecule has 15 heteroatoms. The number of hydrogen-bond donors (Lipinski definition) is 3. The van der Waals surface area contributed by atoms with Crippen molar-refractivity contribution in [2.75, 3.05) is 79.9 Å². The molecule has 0 unspecified atom stereocenters. The third kappa shape index (κ3) is 8.38. The molecule has 0 bridgehead atoms. The summed E-state index contributed by atoms with van der Waals surface area (Å²) in [5.74, 6) is 1.28. The summed E-state index contributed by atoms with van der Waals surface area (Å²) in [4.78, 5) is 16.4. The number of nitrogens with one attached hydrogen (secondary N) is 3. The lowest BCUT2D eigenvalue weighted by molar-refractivity contribution is 0.174. The minimum atomic E-state index is -3.52. The van der Waals surface area contributed by atoms with E-state index in [1.807, 2.05) is 12.1 Å². The van der Waals surface area contributed by atoms with Crippen LogP contribution in [0.2, 0.25) is 10.0 Å². The van der Waals surface area contributed by atoms with Gasteiger partial charge in [-0.3, -0.25) is 9.62 Å². The molecule has 3 heterocycles. The lowest BCUT2D eigenvalue weighted by atomic mass is 10.0. The van der Waals surface area contributed by atoms with Gasteiger partial charge in [0.15, 0.2) is 0 Å². The van der Waals surface area contributed by atoms with E-state index in [1.165, 1.54) is 13.0 Å². The Morgan fingerprint density at radius 1 is 0.977 bits per heavy atom. The van der Waals surface area contributed by atoms with E-state index in [-0.39, 0.29) is 5.95 Å². The van der Waals surface area contributed by atoms with Gasteiger partial charge in [0.05, 0.1) is 45.6 Å². The van der Waals surface area contributed by atoms with Crippen LogP contribution in [0.5, 0.6) is 5.75 Å². The number of aromatic nitrogens is 2. The van der Waals surface area contributed by atoms with Crippen LogP contribution in [-0.2, 0) is 10.0 Å². The van der Waals surface area contributed by atoms with Crippen LogP contribution in [0.25, 0.3) is 0 Å². The van der Waals surface area contributed by atoms with Crippen LogP contribution in [0.4, 0.5) is 34.5 Å². The molecule has 2 aromatic carbocycles. The number of nitrogens with zero attached hydrogens (tertiary/aromatic N) is 5. The molecule has 1 aromatic heterocycles. The van der Waals surface area contributed by atoms with Crippen molar-refractivity contribution in [3.63, 3.8) is 0 Å². The van der Waals surface area contributed by atoms with Gasteiger partial charge in [0.2, 0.25) is 16.0 Å². The Hall–Kier alpha value is -2.55. The molecular formula is C29H37BrCl2N8O3S. The molecule has 2 aliphatic rings. The van der Waals surface area contributed by atoms with Gasteiger partial charge in [0.1, 0.15) is 11.6 Å². The molecule has 0 saturated carbocycles. The first-order chi connectivity index (χ1) is 21.0. The number of halogens is 3. The third-order valence-electron chi connectivity index (χ3n) is 7.87. The van der Waals surface area contributed by atoms with Crippen molar-refractivity contribution in [3.8, 4) is 5.75 Å². The maximum absolute atomic E-state index is 11.9. The van der Waals surface area contributed by atoms with E-state index in [9.17, 15) is 8.42 Å². The monoisotopic (exact) mass is 726 g/mol. The number of methoxy groups -OCH3 is 1. The lowest BCUT2D eigenvalue weighted by Gasteiger charge is -2.39. The van der Waals surface area contributed by atoms with Gasteiger partial charge in [-0.2, -0.15) is 4.98 Å². The molecule has 5 rings (SSSR count). The third-order valence-corrected chi connectivity index (χ3v) is 9.57. The Morgan fingerprint density at radius 2 is 1.75 bits per heavy atom. The first kappa shape index (κ1) is 32.8. The molecule has 0 atom stereocenters. The lowest BCUT2D eigenvalue weighted by Crippen LogP contribution is -2.46. The topological polar surface area (TPSA) is 115 Å². The Balaban J connectivity index is 1.31. The second-order valence-electron chi connectivity index (χ2n) is 11.1. The standard InChI is InChI=1S/C29H37BrCl2N8O3S/c1-38-9-4-10-39(14-13-38)20-7-11-40(12-8-20)26-17-27(43-2)25(16-22(26)32)35-29-33-18-21(30)28(36-29)34-24-15-19(31)5-6-23(24)37-44(3,41)42/h5-6,15-18,20,37H,4,7-14H2,1-3H3,(H2,33,34,35,36). The van der Waals surface area contributed by atoms with E-state index in [0.717, 1.165) is 57.5 Å². The van der Waals surface area contributed by atoms with Gasteiger partial charge in [0, 0.05) is 49.5 Å². The smallest absolute Gasteiger partial charge is 0.229 e. The summed E-state index contributed by atoms with van der Waals surface area (Å²) in [5.41, 5.74) is 2.29. The number of hydrogen-bond acceptors (Lipinski definition) is 10. The van der Waals surface area contributed by atoms with Crippen LogP contribution in [0, 0.1) is 0 Å². The van der Waals surface area contributed by atoms with Crippen molar-refractivity contribution in [2.45, 2.75) is 25.3 Å². The van der Waals surface area contributed by atoms with Crippen LogP contribution in [0.3, 0.4) is 0 Å². The minimum Gasteiger partial charge on any atom is -0.494 e. The number of rotatable bonds is 9. The molecule has 2 saturated heterocycles. The largest absolute Gasteiger partial charge is 0.494 e. The van der Waals surface area contributed by atoms with E-state index in [0.29, 0.717) is 49.2 Å². The summed E-state index contributed by atoms with van der Waals surface area (Å²) in [6, 6.07) is 9.16. The Kier molecular flexibility index (Phi) is 10.6. The predicted molar refractivity (Wildman–Crippen MR) is 183 cm³/mol. The quantitative estimate of drug-likeness (QED) is 0.242. The number of sulfonamides is 1. The zero-order valence-corrected chi connectivity index (χ0v) is 28.8. The Labute approximate surface area is 277 Å². The van der Waals surface area contributed by atoms with E-state index in [4.69, 9.17) is 27.9 Å². The fourth-order valence-corrected chi connectivity index (χ4v) is 6.95. The molecule has 0 spiro atoms. The van der Waals surface area contributed by atoms with Gasteiger partial charge in [-0.15, -0.1) is 0 Å². The molecule has 3 N–H and O–H groups in total. The van der Waals surface area contributed by atoms with Crippen LogP contribution in [-0.4, -0.2) is 93.9 Å². The van der Waals surface area contributed by atoms with Crippen molar-refractivity contribution < 1.29 is 13.2 Å². The maximum Gasteiger partial charge on any atom is 0.229 e. The molecule has 11 nitrogen and oxygen atoms in total. The average Bonchev–Trinajstić information content (AvgIpc) is 3.20. The zero-order chi connectivity index (χ0) is 31.4. The van der Waals surface area contributed by atoms with E-state index in [2.05, 4.69) is 63.0 Å². The van der Waals surface area contributed by atoms with Crippen molar-refractivity contribution in [3.05, 3.63) is 51.0 Å². The number of ether oxygens (including phenoxy) is 1.